The third-order valence-electron chi connectivity index (χ3n) is 3.69. The standard InChI is InChI=1S/C19H21N3S/c1-22(2)13-8-14-23-19-17-12-7-6-11-16(17)18(20-21-19)15-9-4-3-5-10-15/h3-7,9-12H,8,13-14H2,1-2H3. The molecule has 0 aliphatic carbocycles. The molecule has 0 unspecified atom stereocenters. The van der Waals surface area contributed by atoms with Crippen molar-refractivity contribution in [1.29, 1.82) is 0 Å². The number of hydrogen-bond acceptors (Lipinski definition) is 4. The molecular formula is C19H21N3S. The van der Waals surface area contributed by atoms with E-state index in [1.165, 1.54) is 10.8 Å². The third-order valence-corrected chi connectivity index (χ3v) is 4.76. The molecule has 0 aliphatic heterocycles. The van der Waals surface area contributed by atoms with Gasteiger partial charge in [0.25, 0.3) is 0 Å². The van der Waals surface area contributed by atoms with Crippen LogP contribution in [0.4, 0.5) is 0 Å². The van der Waals surface area contributed by atoms with Crippen LogP contribution in [0.2, 0.25) is 0 Å². The maximum atomic E-state index is 4.51. The smallest absolute Gasteiger partial charge is 0.127 e. The van der Waals surface area contributed by atoms with Gasteiger partial charge in [-0.15, -0.1) is 22.0 Å². The number of nitrogens with zero attached hydrogens (tertiary/aromatic N) is 3. The Morgan fingerprint density at radius 1 is 0.870 bits per heavy atom. The van der Waals surface area contributed by atoms with Gasteiger partial charge in [-0.25, -0.2) is 0 Å². The molecule has 0 saturated carbocycles. The Morgan fingerprint density at radius 2 is 1.57 bits per heavy atom. The van der Waals surface area contributed by atoms with Crippen molar-refractivity contribution in [3.05, 3.63) is 54.6 Å². The summed E-state index contributed by atoms with van der Waals surface area (Å²) in [4.78, 5) is 2.21. The highest BCUT2D eigenvalue weighted by Crippen LogP contribution is 2.31. The first-order valence-corrected chi connectivity index (χ1v) is 8.82. The lowest BCUT2D eigenvalue weighted by molar-refractivity contribution is 0.410. The molecule has 0 atom stereocenters. The molecule has 0 fully saturated rings. The summed E-state index contributed by atoms with van der Waals surface area (Å²) in [5, 5.41) is 12.4. The van der Waals surface area contributed by atoms with Crippen LogP contribution in [-0.2, 0) is 0 Å². The van der Waals surface area contributed by atoms with Gasteiger partial charge in [0.05, 0.1) is 0 Å². The molecule has 0 bridgehead atoms. The van der Waals surface area contributed by atoms with Gasteiger partial charge in [-0.05, 0) is 27.1 Å². The van der Waals surface area contributed by atoms with Crippen LogP contribution in [0.25, 0.3) is 22.0 Å². The van der Waals surface area contributed by atoms with E-state index in [0.717, 1.165) is 35.0 Å². The summed E-state index contributed by atoms with van der Waals surface area (Å²) in [6.45, 7) is 1.10. The summed E-state index contributed by atoms with van der Waals surface area (Å²) in [7, 11) is 4.21. The van der Waals surface area contributed by atoms with Crippen LogP contribution in [-0.4, -0.2) is 41.5 Å². The average molecular weight is 323 g/mol. The lowest BCUT2D eigenvalue weighted by atomic mass is 10.1. The van der Waals surface area contributed by atoms with E-state index in [2.05, 4.69) is 65.6 Å². The quantitative estimate of drug-likeness (QED) is 0.498. The van der Waals surface area contributed by atoms with E-state index in [-0.39, 0.29) is 0 Å². The largest absolute Gasteiger partial charge is 0.309 e. The molecule has 1 heterocycles. The zero-order chi connectivity index (χ0) is 16.1. The molecule has 118 valence electrons. The normalized spacial score (nSPS) is 11.3. The van der Waals surface area contributed by atoms with Crippen molar-refractivity contribution < 1.29 is 0 Å². The van der Waals surface area contributed by atoms with E-state index in [4.69, 9.17) is 0 Å². The first kappa shape index (κ1) is 16.0. The first-order chi connectivity index (χ1) is 11.3. The Kier molecular flexibility index (Phi) is 5.26. The second-order valence-electron chi connectivity index (χ2n) is 5.77. The van der Waals surface area contributed by atoms with Crippen molar-refractivity contribution in [3.63, 3.8) is 0 Å². The van der Waals surface area contributed by atoms with Crippen LogP contribution in [0, 0.1) is 0 Å². The molecule has 0 N–H and O–H groups in total. The fourth-order valence-corrected chi connectivity index (χ4v) is 3.44. The van der Waals surface area contributed by atoms with E-state index in [1.807, 2.05) is 18.2 Å². The highest BCUT2D eigenvalue weighted by atomic mass is 32.2. The monoisotopic (exact) mass is 323 g/mol. The Bertz CT molecular complexity index is 772. The molecule has 3 rings (SSSR count). The lowest BCUT2D eigenvalue weighted by Gasteiger charge is -2.10. The summed E-state index contributed by atoms with van der Waals surface area (Å²) in [6.07, 6.45) is 1.15. The maximum absolute atomic E-state index is 4.51. The van der Waals surface area contributed by atoms with Crippen molar-refractivity contribution in [2.75, 3.05) is 26.4 Å². The van der Waals surface area contributed by atoms with Crippen molar-refractivity contribution in [3.8, 4) is 11.3 Å². The molecule has 3 nitrogen and oxygen atoms in total. The summed E-state index contributed by atoms with van der Waals surface area (Å²) < 4.78 is 0. The number of hydrogen-bond donors (Lipinski definition) is 0. The molecule has 0 amide bonds. The Hall–Kier alpha value is -1.91. The fraction of sp³-hybridized carbons (Fsp3) is 0.263. The molecule has 23 heavy (non-hydrogen) atoms. The number of aromatic nitrogens is 2. The molecule has 0 radical (unpaired) electrons. The molecule has 4 heteroatoms. The van der Waals surface area contributed by atoms with Gasteiger partial charge < -0.3 is 4.90 Å². The van der Waals surface area contributed by atoms with E-state index in [1.54, 1.807) is 11.8 Å². The Morgan fingerprint density at radius 3 is 2.30 bits per heavy atom. The molecule has 2 aromatic carbocycles. The van der Waals surface area contributed by atoms with E-state index in [0.29, 0.717) is 0 Å². The van der Waals surface area contributed by atoms with Gasteiger partial charge in [0, 0.05) is 22.1 Å². The SMILES string of the molecule is CN(C)CCCSc1nnc(-c2ccccc2)c2ccccc12. The summed E-state index contributed by atoms with van der Waals surface area (Å²) in [6, 6.07) is 18.7. The third kappa shape index (κ3) is 3.89. The molecule has 0 spiro atoms. The predicted molar refractivity (Wildman–Crippen MR) is 98.9 cm³/mol. The average Bonchev–Trinajstić information content (AvgIpc) is 2.59. The zero-order valence-electron chi connectivity index (χ0n) is 13.6. The van der Waals surface area contributed by atoms with Crippen LogP contribution in [0.3, 0.4) is 0 Å². The first-order valence-electron chi connectivity index (χ1n) is 7.84. The van der Waals surface area contributed by atoms with Crippen molar-refractivity contribution >= 4 is 22.5 Å². The van der Waals surface area contributed by atoms with Gasteiger partial charge in [0.2, 0.25) is 0 Å². The van der Waals surface area contributed by atoms with Gasteiger partial charge in [0.1, 0.15) is 10.7 Å². The van der Waals surface area contributed by atoms with Crippen molar-refractivity contribution in [2.24, 2.45) is 0 Å². The minimum atomic E-state index is 0.957. The van der Waals surface area contributed by atoms with Crippen LogP contribution >= 0.6 is 11.8 Å². The second-order valence-corrected chi connectivity index (χ2v) is 6.85. The van der Waals surface area contributed by atoms with Gasteiger partial charge in [-0.2, -0.15) is 0 Å². The van der Waals surface area contributed by atoms with Crippen molar-refractivity contribution in [1.82, 2.24) is 15.1 Å². The number of thioether (sulfide) groups is 1. The molecule has 0 saturated heterocycles. The minimum Gasteiger partial charge on any atom is -0.309 e. The zero-order valence-corrected chi connectivity index (χ0v) is 14.4. The van der Waals surface area contributed by atoms with Crippen LogP contribution in [0.1, 0.15) is 6.42 Å². The van der Waals surface area contributed by atoms with Crippen LogP contribution in [0.15, 0.2) is 59.6 Å². The lowest BCUT2D eigenvalue weighted by Crippen LogP contribution is -2.13. The number of rotatable bonds is 6. The second kappa shape index (κ2) is 7.57. The molecule has 0 aliphatic rings. The van der Waals surface area contributed by atoms with Gasteiger partial charge in [-0.1, -0.05) is 54.6 Å². The molecule has 3 aromatic rings. The summed E-state index contributed by atoms with van der Waals surface area (Å²) in [5.41, 5.74) is 2.07. The van der Waals surface area contributed by atoms with E-state index >= 15 is 0 Å². The van der Waals surface area contributed by atoms with Gasteiger partial charge in [0.15, 0.2) is 0 Å². The fourth-order valence-electron chi connectivity index (χ4n) is 2.54. The number of fused-ring (bicyclic) bond motifs is 1. The molecular weight excluding hydrogens is 302 g/mol. The Labute approximate surface area is 141 Å². The summed E-state index contributed by atoms with van der Waals surface area (Å²) >= 11 is 1.80. The minimum absolute atomic E-state index is 0.957. The predicted octanol–water partition coefficient (Wildman–Crippen LogP) is 4.34. The van der Waals surface area contributed by atoms with E-state index in [9.17, 15) is 0 Å². The summed E-state index contributed by atoms with van der Waals surface area (Å²) in [5.74, 6) is 1.06. The number of benzene rings is 2. The van der Waals surface area contributed by atoms with Crippen molar-refractivity contribution in [2.45, 2.75) is 11.4 Å². The van der Waals surface area contributed by atoms with Crippen LogP contribution in [0.5, 0.6) is 0 Å². The maximum Gasteiger partial charge on any atom is 0.127 e. The topological polar surface area (TPSA) is 29.0 Å². The van der Waals surface area contributed by atoms with Gasteiger partial charge >= 0.3 is 0 Å². The highest BCUT2D eigenvalue weighted by Gasteiger charge is 2.10. The Balaban J connectivity index is 1.90. The van der Waals surface area contributed by atoms with Gasteiger partial charge in [-0.3, -0.25) is 0 Å². The highest BCUT2D eigenvalue weighted by molar-refractivity contribution is 7.99. The van der Waals surface area contributed by atoms with Crippen LogP contribution < -0.4 is 0 Å². The van der Waals surface area contributed by atoms with E-state index < -0.39 is 0 Å². The molecule has 1 aromatic heterocycles.